The molecule has 1 aliphatic rings. The van der Waals surface area contributed by atoms with E-state index in [0.717, 1.165) is 25.3 Å². The Bertz CT molecular complexity index is 618. The van der Waals surface area contributed by atoms with E-state index in [1.165, 1.54) is 12.8 Å². The molecule has 6 nitrogen and oxygen atoms in total. The molecule has 0 aromatic heterocycles. The summed E-state index contributed by atoms with van der Waals surface area (Å²) >= 11 is 0. The van der Waals surface area contributed by atoms with Gasteiger partial charge >= 0.3 is 5.97 Å². The zero-order valence-corrected chi connectivity index (χ0v) is 17.3. The molecule has 152 valence electrons. The summed E-state index contributed by atoms with van der Waals surface area (Å²) in [6.07, 6.45) is 2.81. The van der Waals surface area contributed by atoms with Crippen LogP contribution in [0.3, 0.4) is 0 Å². The zero-order valence-electron chi connectivity index (χ0n) is 16.5. The van der Waals surface area contributed by atoms with E-state index in [9.17, 15) is 9.59 Å². The Labute approximate surface area is 168 Å². The lowest BCUT2D eigenvalue weighted by Gasteiger charge is -2.28. The van der Waals surface area contributed by atoms with Gasteiger partial charge in [-0.15, -0.1) is 12.4 Å². The molecule has 3 N–H and O–H groups in total. The second kappa shape index (κ2) is 11.8. The molecule has 2 unspecified atom stereocenters. The number of carbonyl (C=O) groups excluding carboxylic acids is 2. The SMILES string of the molecule is CCNc1ccc(C(=O)OCC)cc1NC(=O)CC(C)C1CCCNC1.Cl. The van der Waals surface area contributed by atoms with E-state index in [-0.39, 0.29) is 24.3 Å². The molecule has 1 heterocycles. The summed E-state index contributed by atoms with van der Waals surface area (Å²) in [6.45, 7) is 9.00. The molecule has 2 rings (SSSR count). The maximum atomic E-state index is 12.6. The number of hydrogen-bond acceptors (Lipinski definition) is 5. The van der Waals surface area contributed by atoms with Crippen molar-refractivity contribution in [3.05, 3.63) is 23.8 Å². The van der Waals surface area contributed by atoms with E-state index in [0.29, 0.717) is 36.1 Å². The van der Waals surface area contributed by atoms with Crippen molar-refractivity contribution in [3.8, 4) is 0 Å². The summed E-state index contributed by atoms with van der Waals surface area (Å²) in [4.78, 5) is 24.5. The standard InChI is InChI=1S/C20H31N3O3.ClH/c1-4-22-17-9-8-15(20(25)26-5-2)12-18(17)23-19(24)11-14(3)16-7-6-10-21-13-16;/h8-9,12,14,16,21-22H,4-7,10-11,13H2,1-3H3,(H,23,24);1H. The van der Waals surface area contributed by atoms with Crippen LogP contribution in [-0.2, 0) is 9.53 Å². The Balaban J connectivity index is 0.00000364. The number of rotatable bonds is 8. The third kappa shape index (κ3) is 7.03. The molecule has 1 saturated heterocycles. The third-order valence-corrected chi connectivity index (χ3v) is 4.82. The van der Waals surface area contributed by atoms with Crippen LogP contribution in [0.2, 0.25) is 0 Å². The van der Waals surface area contributed by atoms with Gasteiger partial charge in [-0.05, 0) is 69.8 Å². The molecule has 1 aliphatic heterocycles. The minimum Gasteiger partial charge on any atom is -0.462 e. The fourth-order valence-electron chi connectivity index (χ4n) is 3.36. The highest BCUT2D eigenvalue weighted by Crippen LogP contribution is 2.26. The number of nitrogens with one attached hydrogen (secondary N) is 3. The second-order valence-electron chi connectivity index (χ2n) is 6.85. The molecular formula is C20H32ClN3O3. The molecule has 7 heteroatoms. The highest BCUT2D eigenvalue weighted by atomic mass is 35.5. The lowest BCUT2D eigenvalue weighted by atomic mass is 9.85. The zero-order chi connectivity index (χ0) is 18.9. The van der Waals surface area contributed by atoms with Gasteiger partial charge < -0.3 is 20.7 Å². The van der Waals surface area contributed by atoms with E-state index >= 15 is 0 Å². The number of esters is 1. The first-order valence-corrected chi connectivity index (χ1v) is 9.60. The smallest absolute Gasteiger partial charge is 0.338 e. The summed E-state index contributed by atoms with van der Waals surface area (Å²) in [5.74, 6) is 0.447. The van der Waals surface area contributed by atoms with Gasteiger partial charge in [-0.2, -0.15) is 0 Å². The Kier molecular flexibility index (Phi) is 10.2. The predicted molar refractivity (Wildman–Crippen MR) is 112 cm³/mol. The van der Waals surface area contributed by atoms with Gasteiger partial charge in [0.25, 0.3) is 0 Å². The molecule has 0 bridgehead atoms. The molecule has 1 aromatic rings. The highest BCUT2D eigenvalue weighted by Gasteiger charge is 2.22. The van der Waals surface area contributed by atoms with Gasteiger partial charge in [0.2, 0.25) is 5.91 Å². The van der Waals surface area contributed by atoms with Crippen molar-refractivity contribution in [2.24, 2.45) is 11.8 Å². The predicted octanol–water partition coefficient (Wildman–Crippen LogP) is 3.68. The maximum absolute atomic E-state index is 12.6. The fourth-order valence-corrected chi connectivity index (χ4v) is 3.36. The van der Waals surface area contributed by atoms with Crippen LogP contribution < -0.4 is 16.0 Å². The molecule has 27 heavy (non-hydrogen) atoms. The molecule has 1 amide bonds. The first-order chi connectivity index (χ1) is 12.5. The van der Waals surface area contributed by atoms with Gasteiger partial charge in [-0.3, -0.25) is 4.79 Å². The van der Waals surface area contributed by atoms with Crippen LogP contribution in [0.15, 0.2) is 18.2 Å². The van der Waals surface area contributed by atoms with Crippen LogP contribution in [0, 0.1) is 11.8 Å². The topological polar surface area (TPSA) is 79.5 Å². The van der Waals surface area contributed by atoms with E-state index < -0.39 is 0 Å². The molecule has 1 fully saturated rings. The Morgan fingerprint density at radius 2 is 2.07 bits per heavy atom. The minimum absolute atomic E-state index is 0. The number of halogens is 1. The van der Waals surface area contributed by atoms with Crippen LogP contribution >= 0.6 is 12.4 Å². The Morgan fingerprint density at radius 1 is 1.30 bits per heavy atom. The molecule has 0 spiro atoms. The molecule has 0 aliphatic carbocycles. The molecule has 0 saturated carbocycles. The molecular weight excluding hydrogens is 366 g/mol. The Morgan fingerprint density at radius 3 is 2.70 bits per heavy atom. The minimum atomic E-state index is -0.382. The summed E-state index contributed by atoms with van der Waals surface area (Å²) < 4.78 is 5.05. The molecule has 1 aromatic carbocycles. The summed E-state index contributed by atoms with van der Waals surface area (Å²) in [7, 11) is 0. The molecule has 2 atom stereocenters. The van der Waals surface area contributed by atoms with Crippen molar-refractivity contribution in [3.63, 3.8) is 0 Å². The van der Waals surface area contributed by atoms with Crippen molar-refractivity contribution >= 4 is 35.7 Å². The van der Waals surface area contributed by atoms with Crippen molar-refractivity contribution in [2.45, 2.75) is 40.0 Å². The van der Waals surface area contributed by atoms with Gasteiger partial charge in [0.1, 0.15) is 0 Å². The number of anilines is 2. The van der Waals surface area contributed by atoms with E-state index in [1.807, 2.05) is 6.92 Å². The van der Waals surface area contributed by atoms with Crippen molar-refractivity contribution in [1.29, 1.82) is 0 Å². The quantitative estimate of drug-likeness (QED) is 0.583. The first-order valence-electron chi connectivity index (χ1n) is 9.60. The average Bonchev–Trinajstić information content (AvgIpc) is 2.64. The van der Waals surface area contributed by atoms with E-state index in [4.69, 9.17) is 4.74 Å². The summed E-state index contributed by atoms with van der Waals surface area (Å²) in [5, 5.41) is 9.60. The number of hydrogen-bond donors (Lipinski definition) is 3. The number of ether oxygens (including phenoxy) is 1. The monoisotopic (exact) mass is 397 g/mol. The maximum Gasteiger partial charge on any atom is 0.338 e. The lowest BCUT2D eigenvalue weighted by molar-refractivity contribution is -0.117. The van der Waals surface area contributed by atoms with Gasteiger partial charge in [-0.1, -0.05) is 6.92 Å². The number of piperidine rings is 1. The first kappa shape index (κ1) is 23.2. The highest BCUT2D eigenvalue weighted by molar-refractivity contribution is 5.98. The summed E-state index contributed by atoms with van der Waals surface area (Å²) in [6, 6.07) is 5.20. The van der Waals surface area contributed by atoms with E-state index in [1.54, 1.807) is 25.1 Å². The largest absolute Gasteiger partial charge is 0.462 e. The van der Waals surface area contributed by atoms with Gasteiger partial charge in [0, 0.05) is 13.0 Å². The number of amides is 1. The number of carbonyl (C=O) groups is 2. The van der Waals surface area contributed by atoms with E-state index in [2.05, 4.69) is 22.9 Å². The third-order valence-electron chi connectivity index (χ3n) is 4.82. The van der Waals surface area contributed by atoms with Crippen LogP contribution in [0.4, 0.5) is 11.4 Å². The Hall–Kier alpha value is -1.79. The van der Waals surface area contributed by atoms with Crippen molar-refractivity contribution in [1.82, 2.24) is 5.32 Å². The van der Waals surface area contributed by atoms with Crippen molar-refractivity contribution in [2.75, 3.05) is 36.9 Å². The van der Waals surface area contributed by atoms with Gasteiger partial charge in [0.05, 0.1) is 23.5 Å². The van der Waals surface area contributed by atoms with Gasteiger partial charge in [0.15, 0.2) is 0 Å². The fraction of sp³-hybridized carbons (Fsp3) is 0.600. The van der Waals surface area contributed by atoms with Gasteiger partial charge in [-0.25, -0.2) is 4.79 Å². The van der Waals surface area contributed by atoms with Crippen LogP contribution in [0.5, 0.6) is 0 Å². The number of benzene rings is 1. The average molecular weight is 398 g/mol. The van der Waals surface area contributed by atoms with Crippen LogP contribution in [-0.4, -0.2) is 38.1 Å². The van der Waals surface area contributed by atoms with Crippen LogP contribution in [0.25, 0.3) is 0 Å². The normalized spacial score (nSPS) is 17.4. The molecule has 0 radical (unpaired) electrons. The van der Waals surface area contributed by atoms with Crippen molar-refractivity contribution < 1.29 is 14.3 Å². The van der Waals surface area contributed by atoms with Crippen LogP contribution in [0.1, 0.15) is 50.4 Å². The lowest BCUT2D eigenvalue weighted by Crippen LogP contribution is -2.34. The second-order valence-corrected chi connectivity index (χ2v) is 6.85. The summed E-state index contributed by atoms with van der Waals surface area (Å²) in [5.41, 5.74) is 1.87.